The Bertz CT molecular complexity index is 518. The van der Waals surface area contributed by atoms with Gasteiger partial charge in [0.15, 0.2) is 0 Å². The Morgan fingerprint density at radius 1 is 1.37 bits per heavy atom. The second-order valence-electron chi connectivity index (χ2n) is 4.51. The van der Waals surface area contributed by atoms with Crippen molar-refractivity contribution in [2.24, 2.45) is 5.92 Å². The van der Waals surface area contributed by atoms with Crippen molar-refractivity contribution in [3.05, 3.63) is 42.5 Å². The zero-order chi connectivity index (χ0) is 13.7. The third-order valence-electron chi connectivity index (χ3n) is 2.58. The number of carbonyl (C=O) groups is 1. The molecule has 1 amide bonds. The van der Waals surface area contributed by atoms with Crippen molar-refractivity contribution in [3.8, 4) is 0 Å². The van der Waals surface area contributed by atoms with E-state index in [0.717, 1.165) is 11.6 Å². The van der Waals surface area contributed by atoms with Gasteiger partial charge < -0.3 is 15.1 Å². The molecule has 0 aliphatic carbocycles. The Hall–Kier alpha value is -2.30. The van der Waals surface area contributed by atoms with Crippen LogP contribution < -0.4 is 10.6 Å². The van der Waals surface area contributed by atoms with Crippen LogP contribution >= 0.6 is 0 Å². The van der Waals surface area contributed by atoms with Gasteiger partial charge >= 0.3 is 0 Å². The van der Waals surface area contributed by atoms with Crippen molar-refractivity contribution in [2.45, 2.75) is 20.4 Å². The summed E-state index contributed by atoms with van der Waals surface area (Å²) in [5.41, 5.74) is 0.697. The molecule has 2 heterocycles. The molecule has 100 valence electrons. The Balaban J connectivity index is 1.89. The summed E-state index contributed by atoms with van der Waals surface area (Å²) in [5, 5.41) is 5.92. The molecule has 2 rings (SSSR count). The maximum atomic E-state index is 11.5. The van der Waals surface area contributed by atoms with Gasteiger partial charge in [-0.3, -0.25) is 4.79 Å². The number of pyridine rings is 1. The molecular weight excluding hydrogens is 242 g/mol. The van der Waals surface area contributed by atoms with E-state index in [1.54, 1.807) is 12.5 Å². The van der Waals surface area contributed by atoms with Crippen molar-refractivity contribution in [2.75, 3.05) is 10.6 Å². The summed E-state index contributed by atoms with van der Waals surface area (Å²) in [6.45, 7) is 4.28. The van der Waals surface area contributed by atoms with E-state index in [9.17, 15) is 4.79 Å². The molecule has 0 atom stereocenters. The van der Waals surface area contributed by atoms with Gasteiger partial charge in [-0.05, 0) is 24.3 Å². The summed E-state index contributed by atoms with van der Waals surface area (Å²) < 4.78 is 5.21. The van der Waals surface area contributed by atoms with E-state index >= 15 is 0 Å². The molecule has 2 N–H and O–H groups in total. The molecule has 0 fully saturated rings. The number of aromatic nitrogens is 1. The number of amides is 1. The van der Waals surface area contributed by atoms with Crippen LogP contribution in [0, 0.1) is 5.92 Å². The Labute approximate surface area is 112 Å². The van der Waals surface area contributed by atoms with Gasteiger partial charge in [-0.25, -0.2) is 4.98 Å². The second kappa shape index (κ2) is 6.04. The first-order valence-corrected chi connectivity index (χ1v) is 6.18. The van der Waals surface area contributed by atoms with Gasteiger partial charge in [-0.15, -0.1) is 0 Å². The summed E-state index contributed by atoms with van der Waals surface area (Å²) in [7, 11) is 0. The molecule has 19 heavy (non-hydrogen) atoms. The summed E-state index contributed by atoms with van der Waals surface area (Å²) in [6, 6.07) is 7.37. The van der Waals surface area contributed by atoms with E-state index < -0.39 is 0 Å². The molecule has 0 aromatic carbocycles. The third-order valence-corrected chi connectivity index (χ3v) is 2.58. The van der Waals surface area contributed by atoms with Gasteiger partial charge in [0.05, 0.1) is 24.7 Å². The zero-order valence-electron chi connectivity index (χ0n) is 11.0. The first-order chi connectivity index (χ1) is 9.15. The van der Waals surface area contributed by atoms with Crippen LogP contribution in [0.1, 0.15) is 19.6 Å². The first-order valence-electron chi connectivity index (χ1n) is 6.18. The SMILES string of the molecule is CC(C)C(=O)Nc1ccc(NCc2ccco2)nc1. The number of nitrogens with zero attached hydrogens (tertiary/aromatic N) is 1. The van der Waals surface area contributed by atoms with Crippen molar-refractivity contribution in [1.29, 1.82) is 0 Å². The highest BCUT2D eigenvalue weighted by molar-refractivity contribution is 5.91. The normalized spacial score (nSPS) is 10.5. The van der Waals surface area contributed by atoms with E-state index in [0.29, 0.717) is 12.2 Å². The lowest BCUT2D eigenvalue weighted by Gasteiger charge is -2.08. The van der Waals surface area contributed by atoms with Crippen molar-refractivity contribution < 1.29 is 9.21 Å². The highest BCUT2D eigenvalue weighted by atomic mass is 16.3. The number of hydrogen-bond acceptors (Lipinski definition) is 4. The fourth-order valence-electron chi connectivity index (χ4n) is 1.45. The summed E-state index contributed by atoms with van der Waals surface area (Å²) in [5.74, 6) is 1.52. The van der Waals surface area contributed by atoms with E-state index in [2.05, 4.69) is 15.6 Å². The lowest BCUT2D eigenvalue weighted by molar-refractivity contribution is -0.118. The number of furan rings is 1. The minimum Gasteiger partial charge on any atom is -0.467 e. The molecule has 0 saturated heterocycles. The van der Waals surface area contributed by atoms with Crippen LogP contribution in [0.25, 0.3) is 0 Å². The fraction of sp³-hybridized carbons (Fsp3) is 0.286. The molecule has 0 radical (unpaired) electrons. The van der Waals surface area contributed by atoms with Gasteiger partial charge in [0.25, 0.3) is 0 Å². The van der Waals surface area contributed by atoms with Gasteiger partial charge in [-0.2, -0.15) is 0 Å². The van der Waals surface area contributed by atoms with E-state index in [1.807, 2.05) is 38.1 Å². The van der Waals surface area contributed by atoms with Crippen LogP contribution in [0.5, 0.6) is 0 Å². The lowest BCUT2D eigenvalue weighted by Crippen LogP contribution is -2.17. The summed E-state index contributed by atoms with van der Waals surface area (Å²) in [4.78, 5) is 15.7. The lowest BCUT2D eigenvalue weighted by atomic mass is 10.2. The average molecular weight is 259 g/mol. The number of rotatable bonds is 5. The molecule has 5 heteroatoms. The smallest absolute Gasteiger partial charge is 0.226 e. The molecule has 5 nitrogen and oxygen atoms in total. The van der Waals surface area contributed by atoms with E-state index in [4.69, 9.17) is 4.42 Å². The van der Waals surface area contributed by atoms with Crippen LogP contribution in [0.2, 0.25) is 0 Å². The molecular formula is C14H17N3O2. The molecule has 0 spiro atoms. The molecule has 0 unspecified atom stereocenters. The van der Waals surface area contributed by atoms with Gasteiger partial charge in [0, 0.05) is 5.92 Å². The maximum Gasteiger partial charge on any atom is 0.226 e. The Morgan fingerprint density at radius 2 is 2.21 bits per heavy atom. The molecule has 0 aliphatic rings. The van der Waals surface area contributed by atoms with Crippen molar-refractivity contribution >= 4 is 17.4 Å². The number of hydrogen-bond donors (Lipinski definition) is 2. The fourth-order valence-corrected chi connectivity index (χ4v) is 1.45. The Kier molecular flexibility index (Phi) is 4.18. The number of nitrogens with one attached hydrogen (secondary N) is 2. The molecule has 2 aromatic heterocycles. The van der Waals surface area contributed by atoms with Crippen LogP contribution in [0.4, 0.5) is 11.5 Å². The predicted molar refractivity (Wildman–Crippen MR) is 73.7 cm³/mol. The van der Waals surface area contributed by atoms with Crippen LogP contribution in [-0.4, -0.2) is 10.9 Å². The highest BCUT2D eigenvalue weighted by Gasteiger charge is 2.07. The summed E-state index contributed by atoms with van der Waals surface area (Å²) in [6.07, 6.45) is 3.26. The predicted octanol–water partition coefficient (Wildman–Crippen LogP) is 2.88. The van der Waals surface area contributed by atoms with Gasteiger partial charge in [0.2, 0.25) is 5.91 Å². The van der Waals surface area contributed by atoms with Crippen LogP contribution in [0.15, 0.2) is 41.1 Å². The zero-order valence-corrected chi connectivity index (χ0v) is 11.0. The minimum atomic E-state index is -0.0447. The summed E-state index contributed by atoms with van der Waals surface area (Å²) >= 11 is 0. The van der Waals surface area contributed by atoms with Crippen LogP contribution in [0.3, 0.4) is 0 Å². The van der Waals surface area contributed by atoms with E-state index in [-0.39, 0.29) is 11.8 Å². The third kappa shape index (κ3) is 3.84. The largest absolute Gasteiger partial charge is 0.467 e. The maximum absolute atomic E-state index is 11.5. The average Bonchev–Trinajstić information content (AvgIpc) is 2.91. The molecule has 0 saturated carbocycles. The molecule has 2 aromatic rings. The molecule has 0 bridgehead atoms. The highest BCUT2D eigenvalue weighted by Crippen LogP contribution is 2.12. The van der Waals surface area contributed by atoms with Gasteiger partial charge in [0.1, 0.15) is 11.6 Å². The standard InChI is InChI=1S/C14H17N3O2/c1-10(2)14(18)17-11-5-6-13(15-8-11)16-9-12-4-3-7-19-12/h3-8,10H,9H2,1-2H3,(H,15,16)(H,17,18). The second-order valence-corrected chi connectivity index (χ2v) is 4.51. The van der Waals surface area contributed by atoms with Gasteiger partial charge in [-0.1, -0.05) is 13.8 Å². The monoisotopic (exact) mass is 259 g/mol. The van der Waals surface area contributed by atoms with E-state index in [1.165, 1.54) is 0 Å². The topological polar surface area (TPSA) is 67.2 Å². The quantitative estimate of drug-likeness (QED) is 0.866. The molecule has 0 aliphatic heterocycles. The minimum absolute atomic E-state index is 0.0157. The van der Waals surface area contributed by atoms with Crippen LogP contribution in [-0.2, 0) is 11.3 Å². The number of carbonyl (C=O) groups excluding carboxylic acids is 1. The number of anilines is 2. The van der Waals surface area contributed by atoms with Crippen molar-refractivity contribution in [1.82, 2.24) is 4.98 Å². The first kappa shape index (κ1) is 13.1. The van der Waals surface area contributed by atoms with Crippen molar-refractivity contribution in [3.63, 3.8) is 0 Å². The Morgan fingerprint density at radius 3 is 2.79 bits per heavy atom.